The molecule has 1 rings (SSSR count). The Balaban J connectivity index is 0. The van der Waals surface area contributed by atoms with Crippen LogP contribution in [0.2, 0.25) is 0 Å². The zero-order valence-corrected chi connectivity index (χ0v) is 8.82. The van der Waals surface area contributed by atoms with Crippen LogP contribution in [0.15, 0.2) is 6.33 Å². The van der Waals surface area contributed by atoms with E-state index < -0.39 is 0 Å². The number of aryl methyl sites for hydroxylation is 1. The molecule has 0 atom stereocenters. The van der Waals surface area contributed by atoms with Gasteiger partial charge in [-0.25, -0.2) is 0 Å². The minimum atomic E-state index is 0. The summed E-state index contributed by atoms with van der Waals surface area (Å²) in [7, 11) is 1.84. The van der Waals surface area contributed by atoms with Gasteiger partial charge in [0.25, 0.3) is 0 Å². The number of nitrogens with zero attached hydrogens (tertiary/aromatic N) is 2. The van der Waals surface area contributed by atoms with Crippen LogP contribution in [0.25, 0.3) is 0 Å². The van der Waals surface area contributed by atoms with Crippen LogP contribution < -0.4 is 51.4 Å². The summed E-state index contributed by atoms with van der Waals surface area (Å²) >= 11 is 4.73. The largest absolute Gasteiger partial charge is 1.00 e. The third-order valence-corrected chi connectivity index (χ3v) is 1.09. The van der Waals surface area contributed by atoms with Gasteiger partial charge in [0.05, 0.1) is 0 Å². The SMILES string of the molecule is Cn1cn[nH]c1=S.[H-].[K+]. The molecule has 5 heteroatoms. The molecule has 1 heterocycles. The van der Waals surface area contributed by atoms with Gasteiger partial charge in [-0.15, -0.1) is 0 Å². The molecule has 1 aromatic rings. The second-order valence-electron chi connectivity index (χ2n) is 1.27. The molecule has 0 saturated carbocycles. The summed E-state index contributed by atoms with van der Waals surface area (Å²) in [5.41, 5.74) is 0. The van der Waals surface area contributed by atoms with Crippen LogP contribution in [0, 0.1) is 4.77 Å². The summed E-state index contributed by atoms with van der Waals surface area (Å²) in [4.78, 5) is 0. The predicted molar refractivity (Wildman–Crippen MR) is 29.5 cm³/mol. The first-order valence-electron chi connectivity index (χ1n) is 1.86. The molecule has 0 saturated heterocycles. The van der Waals surface area contributed by atoms with E-state index in [4.69, 9.17) is 12.2 Å². The number of rotatable bonds is 0. The Hall–Kier alpha value is 0.996. The number of aromatic nitrogens is 3. The molecule has 0 spiro atoms. The zero-order valence-electron chi connectivity index (χ0n) is 5.88. The average molecular weight is 155 g/mol. The summed E-state index contributed by atoms with van der Waals surface area (Å²) in [6, 6.07) is 0. The van der Waals surface area contributed by atoms with Crippen molar-refractivity contribution in [1.29, 1.82) is 0 Å². The van der Waals surface area contributed by atoms with Crippen LogP contribution in [-0.4, -0.2) is 14.8 Å². The van der Waals surface area contributed by atoms with Gasteiger partial charge in [-0.05, 0) is 12.2 Å². The summed E-state index contributed by atoms with van der Waals surface area (Å²) in [6.45, 7) is 0. The quantitative estimate of drug-likeness (QED) is 0.334. The second-order valence-corrected chi connectivity index (χ2v) is 1.66. The molecule has 0 aromatic carbocycles. The summed E-state index contributed by atoms with van der Waals surface area (Å²) in [6.07, 6.45) is 1.63. The Kier molecular flexibility index (Phi) is 4.40. The number of nitrogens with one attached hydrogen (secondary N) is 1. The van der Waals surface area contributed by atoms with E-state index in [-0.39, 0.29) is 52.8 Å². The minimum Gasteiger partial charge on any atom is -1.00 e. The van der Waals surface area contributed by atoms with Crippen LogP contribution in [0.1, 0.15) is 1.43 Å². The Labute approximate surface area is 96.4 Å². The van der Waals surface area contributed by atoms with Crippen molar-refractivity contribution < 1.29 is 52.8 Å². The van der Waals surface area contributed by atoms with E-state index in [1.807, 2.05) is 7.05 Å². The standard InChI is InChI=1S/C3H5N3S.K.H/c1-6-2-4-5-3(6)7;;/h2H,1H3,(H,5,7);;/q;+1;-1. The number of hydrogen-bond acceptors (Lipinski definition) is 2. The molecule has 8 heavy (non-hydrogen) atoms. The van der Waals surface area contributed by atoms with Crippen LogP contribution >= 0.6 is 12.2 Å². The normalized spacial score (nSPS) is 8.12. The summed E-state index contributed by atoms with van der Waals surface area (Å²) in [5.74, 6) is 0. The van der Waals surface area contributed by atoms with Crippen molar-refractivity contribution in [1.82, 2.24) is 14.8 Å². The third-order valence-electron chi connectivity index (χ3n) is 0.711. The molecule has 0 amide bonds. The van der Waals surface area contributed by atoms with Gasteiger partial charge in [-0.2, -0.15) is 5.10 Å². The molecule has 0 aliphatic rings. The molecule has 1 aromatic heterocycles. The monoisotopic (exact) mass is 155 g/mol. The first-order valence-corrected chi connectivity index (χ1v) is 2.27. The molecule has 1 N–H and O–H groups in total. The van der Waals surface area contributed by atoms with Crippen LogP contribution in [0.5, 0.6) is 0 Å². The molecule has 40 valence electrons. The molecular formula is C3H6KN3S. The van der Waals surface area contributed by atoms with Crippen LogP contribution in [-0.2, 0) is 7.05 Å². The maximum Gasteiger partial charge on any atom is 1.00 e. The van der Waals surface area contributed by atoms with E-state index in [1.54, 1.807) is 10.9 Å². The summed E-state index contributed by atoms with van der Waals surface area (Å²) in [5, 5.41) is 6.25. The van der Waals surface area contributed by atoms with E-state index >= 15 is 0 Å². The molecule has 0 aliphatic carbocycles. The van der Waals surface area contributed by atoms with Crippen molar-refractivity contribution in [2.75, 3.05) is 0 Å². The first kappa shape index (κ1) is 9.00. The fourth-order valence-electron chi connectivity index (χ4n) is 0.302. The van der Waals surface area contributed by atoms with Gasteiger partial charge in [0.1, 0.15) is 6.33 Å². The van der Waals surface area contributed by atoms with Crippen molar-refractivity contribution >= 4 is 12.2 Å². The molecule has 3 nitrogen and oxygen atoms in total. The van der Waals surface area contributed by atoms with Gasteiger partial charge in [0, 0.05) is 7.05 Å². The van der Waals surface area contributed by atoms with Gasteiger partial charge in [-0.3, -0.25) is 5.10 Å². The fraction of sp³-hybridized carbons (Fsp3) is 0.333. The zero-order chi connectivity index (χ0) is 5.28. The first-order chi connectivity index (χ1) is 3.30. The van der Waals surface area contributed by atoms with Gasteiger partial charge < -0.3 is 5.99 Å². The Morgan fingerprint density at radius 2 is 2.62 bits per heavy atom. The van der Waals surface area contributed by atoms with Crippen LogP contribution in [0.4, 0.5) is 0 Å². The van der Waals surface area contributed by atoms with E-state index in [9.17, 15) is 0 Å². The minimum absolute atomic E-state index is 0. The average Bonchev–Trinajstić information content (AvgIpc) is 1.91. The summed E-state index contributed by atoms with van der Waals surface area (Å²) < 4.78 is 2.38. The van der Waals surface area contributed by atoms with E-state index in [0.717, 1.165) is 0 Å². The van der Waals surface area contributed by atoms with E-state index in [0.29, 0.717) is 4.77 Å². The van der Waals surface area contributed by atoms with Crippen molar-refractivity contribution in [2.24, 2.45) is 7.05 Å². The molecule has 0 aliphatic heterocycles. The Morgan fingerprint density at radius 3 is 2.75 bits per heavy atom. The maximum absolute atomic E-state index is 4.73. The third kappa shape index (κ3) is 2.08. The maximum atomic E-state index is 4.73. The number of H-pyrrole nitrogens is 1. The number of hydrogen-bond donors (Lipinski definition) is 1. The second kappa shape index (κ2) is 3.92. The molecule has 0 unspecified atom stereocenters. The molecular weight excluding hydrogens is 149 g/mol. The van der Waals surface area contributed by atoms with Gasteiger partial charge in [0.15, 0.2) is 4.77 Å². The van der Waals surface area contributed by atoms with Crippen molar-refractivity contribution in [2.45, 2.75) is 0 Å². The number of aromatic amines is 1. The van der Waals surface area contributed by atoms with Gasteiger partial charge >= 0.3 is 51.4 Å². The Morgan fingerprint density at radius 1 is 2.00 bits per heavy atom. The predicted octanol–water partition coefficient (Wildman–Crippen LogP) is -2.41. The topological polar surface area (TPSA) is 33.6 Å². The molecule has 0 radical (unpaired) electrons. The van der Waals surface area contributed by atoms with Crippen molar-refractivity contribution in [3.63, 3.8) is 0 Å². The van der Waals surface area contributed by atoms with Gasteiger partial charge in [0.2, 0.25) is 0 Å². The van der Waals surface area contributed by atoms with Crippen LogP contribution in [0.3, 0.4) is 0 Å². The molecule has 0 fully saturated rings. The fourth-order valence-corrected chi connectivity index (χ4v) is 0.402. The van der Waals surface area contributed by atoms with Crippen molar-refractivity contribution in [3.8, 4) is 0 Å². The smallest absolute Gasteiger partial charge is 1.00 e. The van der Waals surface area contributed by atoms with Gasteiger partial charge in [-0.1, -0.05) is 0 Å². The van der Waals surface area contributed by atoms with E-state index in [1.165, 1.54) is 0 Å². The Bertz CT molecular complexity index is 207. The van der Waals surface area contributed by atoms with E-state index in [2.05, 4.69) is 10.2 Å². The molecule has 0 bridgehead atoms. The van der Waals surface area contributed by atoms with Crippen molar-refractivity contribution in [3.05, 3.63) is 11.1 Å².